The number of aliphatic hydroxyl groups is 1. The summed E-state index contributed by atoms with van der Waals surface area (Å²) in [6, 6.07) is 6.73. The highest BCUT2D eigenvalue weighted by molar-refractivity contribution is 14.1. The Morgan fingerprint density at radius 3 is 2.41 bits per heavy atom. The van der Waals surface area contributed by atoms with Crippen LogP contribution in [0.2, 0.25) is 0 Å². The van der Waals surface area contributed by atoms with Crippen LogP contribution in [0.1, 0.15) is 13.3 Å². The van der Waals surface area contributed by atoms with Gasteiger partial charge in [0.25, 0.3) is 0 Å². The highest BCUT2D eigenvalue weighted by atomic mass is 127. The zero-order chi connectivity index (χ0) is 12.7. The molecule has 1 aliphatic heterocycles. The van der Waals surface area contributed by atoms with Gasteiger partial charge in [0, 0.05) is 16.7 Å². The average molecular weight is 367 g/mol. The Bertz CT molecular complexity index is 510. The summed E-state index contributed by atoms with van der Waals surface area (Å²) in [6.07, 6.45) is 0.483. The summed E-state index contributed by atoms with van der Waals surface area (Å²) in [5.74, 6) is 0. The molecule has 1 fully saturated rings. The lowest BCUT2D eigenvalue weighted by atomic mass is 10.1. The number of hydrogen-bond donors (Lipinski definition) is 1. The maximum absolute atomic E-state index is 12.2. The second-order valence-corrected chi connectivity index (χ2v) is 7.72. The van der Waals surface area contributed by atoms with Crippen LogP contribution in [0.4, 0.5) is 0 Å². The first-order chi connectivity index (χ1) is 7.81. The fraction of sp³-hybridized carbons (Fsp3) is 0.455. The summed E-state index contributed by atoms with van der Waals surface area (Å²) in [4.78, 5) is 0.288. The Kier molecular flexibility index (Phi) is 3.50. The predicted octanol–water partition coefficient (Wildman–Crippen LogP) is 1.44. The molecule has 0 bridgehead atoms. The first-order valence-electron chi connectivity index (χ1n) is 5.29. The zero-order valence-corrected chi connectivity index (χ0v) is 12.4. The molecule has 0 amide bonds. The lowest BCUT2D eigenvalue weighted by Gasteiger charge is -2.18. The molecule has 94 valence electrons. The molecule has 1 N–H and O–H groups in total. The molecule has 0 saturated carbocycles. The van der Waals surface area contributed by atoms with Gasteiger partial charge in [0.05, 0.1) is 10.5 Å². The molecule has 1 unspecified atom stereocenters. The quantitative estimate of drug-likeness (QED) is 0.805. The van der Waals surface area contributed by atoms with Gasteiger partial charge in [-0.05, 0) is 60.2 Å². The first-order valence-corrected chi connectivity index (χ1v) is 7.81. The van der Waals surface area contributed by atoms with E-state index in [-0.39, 0.29) is 11.4 Å². The molecule has 0 aliphatic carbocycles. The van der Waals surface area contributed by atoms with Crippen LogP contribution < -0.4 is 0 Å². The van der Waals surface area contributed by atoms with Crippen molar-refractivity contribution in [3.63, 3.8) is 0 Å². The fourth-order valence-electron chi connectivity index (χ4n) is 1.86. The van der Waals surface area contributed by atoms with Crippen molar-refractivity contribution in [3.8, 4) is 0 Å². The van der Waals surface area contributed by atoms with E-state index in [4.69, 9.17) is 0 Å². The van der Waals surface area contributed by atoms with Gasteiger partial charge >= 0.3 is 0 Å². The number of rotatable bonds is 2. The van der Waals surface area contributed by atoms with E-state index in [1.54, 1.807) is 31.2 Å². The van der Waals surface area contributed by atoms with E-state index >= 15 is 0 Å². The minimum absolute atomic E-state index is 0.168. The van der Waals surface area contributed by atoms with Crippen LogP contribution in [0.15, 0.2) is 29.2 Å². The number of β-amino-alcohol motifs (C(OH)–C–C–N with tert-alkyl or cyclic N) is 1. The third kappa shape index (κ3) is 2.81. The largest absolute Gasteiger partial charge is 0.389 e. The SMILES string of the molecule is CC1(O)CCN(S(=O)(=O)c2ccc(I)cc2)C1. The molecule has 1 aliphatic rings. The highest BCUT2D eigenvalue weighted by Crippen LogP contribution is 2.26. The number of nitrogens with zero attached hydrogens (tertiary/aromatic N) is 1. The van der Waals surface area contributed by atoms with E-state index in [1.165, 1.54) is 4.31 Å². The van der Waals surface area contributed by atoms with Gasteiger partial charge in [0.1, 0.15) is 0 Å². The molecule has 1 atom stereocenters. The van der Waals surface area contributed by atoms with E-state index in [0.717, 1.165) is 3.57 Å². The molecular formula is C11H14INO3S. The van der Waals surface area contributed by atoms with Gasteiger partial charge in [-0.3, -0.25) is 0 Å². The summed E-state index contributed by atoms with van der Waals surface area (Å²) < 4.78 is 26.8. The summed E-state index contributed by atoms with van der Waals surface area (Å²) in [5, 5.41) is 9.81. The Morgan fingerprint density at radius 1 is 1.35 bits per heavy atom. The predicted molar refractivity (Wildman–Crippen MR) is 73.2 cm³/mol. The van der Waals surface area contributed by atoms with Gasteiger partial charge < -0.3 is 5.11 Å². The molecule has 1 aromatic carbocycles. The van der Waals surface area contributed by atoms with Gasteiger partial charge in [-0.15, -0.1) is 0 Å². The van der Waals surface area contributed by atoms with Gasteiger partial charge in [-0.2, -0.15) is 4.31 Å². The summed E-state index contributed by atoms with van der Waals surface area (Å²) in [7, 11) is -3.46. The first kappa shape index (κ1) is 13.3. The summed E-state index contributed by atoms with van der Waals surface area (Å²) >= 11 is 2.13. The van der Waals surface area contributed by atoms with Crippen molar-refractivity contribution >= 4 is 32.6 Å². The van der Waals surface area contributed by atoms with E-state index < -0.39 is 15.6 Å². The molecule has 1 heterocycles. The van der Waals surface area contributed by atoms with Crippen molar-refractivity contribution in [2.24, 2.45) is 0 Å². The molecule has 0 radical (unpaired) electrons. The number of sulfonamides is 1. The standard InChI is InChI=1S/C11H14INO3S/c1-11(14)6-7-13(8-11)17(15,16)10-4-2-9(12)3-5-10/h2-5,14H,6-8H2,1H3. The lowest BCUT2D eigenvalue weighted by molar-refractivity contribution is 0.0762. The third-order valence-electron chi connectivity index (χ3n) is 2.87. The molecule has 17 heavy (non-hydrogen) atoms. The normalized spacial score (nSPS) is 26.3. The van der Waals surface area contributed by atoms with E-state index in [2.05, 4.69) is 22.6 Å². The summed E-state index contributed by atoms with van der Waals surface area (Å²) in [5.41, 5.74) is -0.906. The average Bonchev–Trinajstić information content (AvgIpc) is 2.60. The van der Waals surface area contributed by atoms with E-state index in [1.807, 2.05) is 0 Å². The highest BCUT2D eigenvalue weighted by Gasteiger charge is 2.38. The van der Waals surface area contributed by atoms with Gasteiger partial charge in [-0.1, -0.05) is 0 Å². The van der Waals surface area contributed by atoms with Crippen LogP contribution in [0.3, 0.4) is 0 Å². The maximum Gasteiger partial charge on any atom is 0.243 e. The van der Waals surface area contributed by atoms with Gasteiger partial charge in [0.2, 0.25) is 10.0 Å². The Labute approximate surface area is 115 Å². The van der Waals surface area contributed by atoms with Crippen LogP contribution in [-0.4, -0.2) is 36.5 Å². The Hall–Kier alpha value is -0.180. The second-order valence-electron chi connectivity index (χ2n) is 4.54. The number of hydrogen-bond acceptors (Lipinski definition) is 3. The van der Waals surface area contributed by atoms with E-state index in [9.17, 15) is 13.5 Å². The van der Waals surface area contributed by atoms with Crippen molar-refractivity contribution in [1.29, 1.82) is 0 Å². The van der Waals surface area contributed by atoms with Crippen molar-refractivity contribution in [2.45, 2.75) is 23.8 Å². The van der Waals surface area contributed by atoms with Crippen LogP contribution in [0, 0.1) is 3.57 Å². The topological polar surface area (TPSA) is 57.6 Å². The van der Waals surface area contributed by atoms with Crippen LogP contribution in [0.5, 0.6) is 0 Å². The molecule has 1 saturated heterocycles. The maximum atomic E-state index is 12.2. The molecule has 6 heteroatoms. The van der Waals surface area contributed by atoms with Crippen LogP contribution >= 0.6 is 22.6 Å². The number of benzene rings is 1. The third-order valence-corrected chi connectivity index (χ3v) is 5.45. The Balaban J connectivity index is 2.29. The minimum atomic E-state index is -3.46. The molecule has 0 aromatic heterocycles. The molecule has 0 spiro atoms. The van der Waals surface area contributed by atoms with E-state index in [0.29, 0.717) is 13.0 Å². The zero-order valence-electron chi connectivity index (χ0n) is 9.43. The molecule has 2 rings (SSSR count). The Morgan fingerprint density at radius 2 is 1.94 bits per heavy atom. The number of halogens is 1. The fourth-order valence-corrected chi connectivity index (χ4v) is 3.78. The molecule has 4 nitrogen and oxygen atoms in total. The molecular weight excluding hydrogens is 353 g/mol. The lowest BCUT2D eigenvalue weighted by Crippen LogP contribution is -2.33. The van der Waals surface area contributed by atoms with Crippen molar-refractivity contribution in [2.75, 3.05) is 13.1 Å². The van der Waals surface area contributed by atoms with Crippen molar-refractivity contribution < 1.29 is 13.5 Å². The summed E-state index contributed by atoms with van der Waals surface area (Å²) in [6.45, 7) is 2.21. The molecule has 1 aromatic rings. The smallest absolute Gasteiger partial charge is 0.243 e. The van der Waals surface area contributed by atoms with Gasteiger partial charge in [0.15, 0.2) is 0 Å². The van der Waals surface area contributed by atoms with Crippen LogP contribution in [0.25, 0.3) is 0 Å². The second kappa shape index (κ2) is 4.49. The van der Waals surface area contributed by atoms with Gasteiger partial charge in [-0.25, -0.2) is 8.42 Å². The van der Waals surface area contributed by atoms with Crippen LogP contribution in [-0.2, 0) is 10.0 Å². The van der Waals surface area contributed by atoms with Crippen molar-refractivity contribution in [3.05, 3.63) is 27.8 Å². The minimum Gasteiger partial charge on any atom is -0.389 e. The monoisotopic (exact) mass is 367 g/mol. The van der Waals surface area contributed by atoms with Crippen molar-refractivity contribution in [1.82, 2.24) is 4.31 Å².